The van der Waals surface area contributed by atoms with E-state index in [4.69, 9.17) is 9.47 Å². The van der Waals surface area contributed by atoms with Gasteiger partial charge in [0.15, 0.2) is 5.90 Å². The van der Waals surface area contributed by atoms with Crippen LogP contribution in [0.2, 0.25) is 0 Å². The van der Waals surface area contributed by atoms with E-state index in [0.717, 1.165) is 5.56 Å². The summed E-state index contributed by atoms with van der Waals surface area (Å²) in [5.74, 6) is 0.137. The summed E-state index contributed by atoms with van der Waals surface area (Å²) in [7, 11) is 0. The molecule has 5 heteroatoms. The van der Waals surface area contributed by atoms with E-state index in [0.29, 0.717) is 18.9 Å². The average Bonchev–Trinajstić information content (AvgIpc) is 2.92. The minimum Gasteiger partial charge on any atom is -0.473 e. The van der Waals surface area contributed by atoms with Crippen molar-refractivity contribution < 1.29 is 18.7 Å². The lowest BCUT2D eigenvalue weighted by atomic mass is 10.2. The van der Waals surface area contributed by atoms with Crippen LogP contribution in [-0.2, 0) is 20.9 Å². The SMILES string of the molecule is O=C(CCC1=NCC(CF)O1)OCc1ccccc1. The average molecular weight is 265 g/mol. The molecule has 19 heavy (non-hydrogen) atoms. The van der Waals surface area contributed by atoms with Crippen LogP contribution in [0.25, 0.3) is 0 Å². The van der Waals surface area contributed by atoms with Crippen LogP contribution in [0, 0.1) is 0 Å². The zero-order valence-electron chi connectivity index (χ0n) is 10.5. The van der Waals surface area contributed by atoms with Crippen LogP contribution in [0.15, 0.2) is 35.3 Å². The van der Waals surface area contributed by atoms with Crippen LogP contribution in [-0.4, -0.2) is 31.2 Å². The Bertz CT molecular complexity index is 447. The number of benzene rings is 1. The van der Waals surface area contributed by atoms with E-state index in [2.05, 4.69) is 4.99 Å². The Balaban J connectivity index is 1.65. The number of aliphatic imine (C=N–C) groups is 1. The van der Waals surface area contributed by atoms with Crippen molar-refractivity contribution in [2.75, 3.05) is 13.2 Å². The van der Waals surface area contributed by atoms with Crippen LogP contribution in [0.1, 0.15) is 18.4 Å². The maximum absolute atomic E-state index is 12.3. The topological polar surface area (TPSA) is 47.9 Å². The molecule has 0 radical (unpaired) electrons. The number of alkyl halides is 1. The van der Waals surface area contributed by atoms with E-state index in [1.165, 1.54) is 0 Å². The van der Waals surface area contributed by atoms with E-state index in [9.17, 15) is 9.18 Å². The molecule has 0 spiro atoms. The van der Waals surface area contributed by atoms with Crippen LogP contribution in [0.3, 0.4) is 0 Å². The van der Waals surface area contributed by atoms with Gasteiger partial charge in [-0.1, -0.05) is 30.3 Å². The molecule has 1 unspecified atom stereocenters. The first-order valence-electron chi connectivity index (χ1n) is 6.23. The maximum Gasteiger partial charge on any atom is 0.306 e. The molecule has 1 aliphatic rings. The smallest absolute Gasteiger partial charge is 0.306 e. The molecule has 0 N–H and O–H groups in total. The standard InChI is InChI=1S/C14H16FNO3/c15-8-12-9-16-13(19-12)6-7-14(17)18-10-11-4-2-1-3-5-11/h1-5,12H,6-10H2. The fraction of sp³-hybridized carbons (Fsp3) is 0.429. The highest BCUT2D eigenvalue weighted by molar-refractivity contribution is 5.82. The van der Waals surface area contributed by atoms with Crippen molar-refractivity contribution in [2.45, 2.75) is 25.6 Å². The number of rotatable bonds is 6. The highest BCUT2D eigenvalue weighted by Crippen LogP contribution is 2.10. The lowest BCUT2D eigenvalue weighted by molar-refractivity contribution is -0.144. The van der Waals surface area contributed by atoms with E-state index in [-0.39, 0.29) is 19.0 Å². The Labute approximate surface area is 111 Å². The minimum absolute atomic E-state index is 0.199. The molecule has 1 aliphatic heterocycles. The normalized spacial score (nSPS) is 17.7. The second kappa shape index (κ2) is 6.87. The second-order valence-electron chi connectivity index (χ2n) is 4.27. The first-order valence-corrected chi connectivity index (χ1v) is 6.23. The van der Waals surface area contributed by atoms with Crippen molar-refractivity contribution in [1.82, 2.24) is 0 Å². The predicted octanol–water partition coefficient (Wildman–Crippen LogP) is 2.28. The van der Waals surface area contributed by atoms with Gasteiger partial charge in [-0.2, -0.15) is 0 Å². The van der Waals surface area contributed by atoms with E-state index < -0.39 is 12.8 Å². The fourth-order valence-electron chi connectivity index (χ4n) is 1.71. The van der Waals surface area contributed by atoms with Gasteiger partial charge in [0.25, 0.3) is 0 Å². The van der Waals surface area contributed by atoms with E-state index >= 15 is 0 Å². The summed E-state index contributed by atoms with van der Waals surface area (Å²) >= 11 is 0. The Morgan fingerprint density at radius 3 is 2.89 bits per heavy atom. The zero-order valence-corrected chi connectivity index (χ0v) is 10.5. The quantitative estimate of drug-likeness (QED) is 0.741. The number of halogens is 1. The first kappa shape index (κ1) is 13.5. The molecule has 0 bridgehead atoms. The van der Waals surface area contributed by atoms with Gasteiger partial charge in [0.1, 0.15) is 19.4 Å². The lowest BCUT2D eigenvalue weighted by Crippen LogP contribution is -2.15. The third-order valence-corrected chi connectivity index (χ3v) is 2.73. The highest BCUT2D eigenvalue weighted by Gasteiger charge is 2.20. The third kappa shape index (κ3) is 4.35. The number of esters is 1. The van der Waals surface area contributed by atoms with E-state index in [1.54, 1.807) is 0 Å². The van der Waals surface area contributed by atoms with Crippen LogP contribution in [0.5, 0.6) is 0 Å². The Morgan fingerprint density at radius 1 is 1.42 bits per heavy atom. The van der Waals surface area contributed by atoms with Gasteiger partial charge in [0.2, 0.25) is 0 Å². The number of hydrogen-bond acceptors (Lipinski definition) is 4. The van der Waals surface area contributed by atoms with Crippen molar-refractivity contribution in [2.24, 2.45) is 4.99 Å². The van der Waals surface area contributed by atoms with Crippen LogP contribution >= 0.6 is 0 Å². The fourth-order valence-corrected chi connectivity index (χ4v) is 1.71. The molecular weight excluding hydrogens is 249 g/mol. The molecule has 0 fully saturated rings. The van der Waals surface area contributed by atoms with Crippen LogP contribution < -0.4 is 0 Å². The first-order chi connectivity index (χ1) is 9.28. The van der Waals surface area contributed by atoms with Gasteiger partial charge in [-0.3, -0.25) is 9.79 Å². The molecule has 4 nitrogen and oxygen atoms in total. The summed E-state index contributed by atoms with van der Waals surface area (Å²) in [4.78, 5) is 15.5. The molecule has 0 saturated heterocycles. The van der Waals surface area contributed by atoms with Gasteiger partial charge in [-0.15, -0.1) is 0 Å². The molecule has 0 aromatic heterocycles. The molecule has 1 atom stereocenters. The summed E-state index contributed by atoms with van der Waals surface area (Å²) < 4.78 is 22.6. The molecule has 1 heterocycles. The number of carbonyl (C=O) groups excluding carboxylic acids is 1. The van der Waals surface area contributed by atoms with Gasteiger partial charge in [0, 0.05) is 6.42 Å². The molecule has 2 rings (SSSR count). The van der Waals surface area contributed by atoms with Crippen molar-refractivity contribution >= 4 is 11.9 Å². The Kier molecular flexibility index (Phi) is 4.89. The molecule has 1 aromatic rings. The van der Waals surface area contributed by atoms with Gasteiger partial charge >= 0.3 is 5.97 Å². The number of ether oxygens (including phenoxy) is 2. The summed E-state index contributed by atoms with van der Waals surface area (Å²) in [6.45, 7) is 0.0520. The minimum atomic E-state index is -0.550. The number of hydrogen-bond donors (Lipinski definition) is 0. The molecule has 0 saturated carbocycles. The molecule has 102 valence electrons. The molecule has 0 aliphatic carbocycles. The van der Waals surface area contributed by atoms with Gasteiger partial charge in [-0.05, 0) is 5.56 Å². The molecule has 0 amide bonds. The van der Waals surface area contributed by atoms with Crippen molar-refractivity contribution in [3.8, 4) is 0 Å². The predicted molar refractivity (Wildman–Crippen MR) is 68.6 cm³/mol. The molecule has 1 aromatic carbocycles. The number of carbonyl (C=O) groups is 1. The monoisotopic (exact) mass is 265 g/mol. The highest BCUT2D eigenvalue weighted by atomic mass is 19.1. The third-order valence-electron chi connectivity index (χ3n) is 2.73. The van der Waals surface area contributed by atoms with Gasteiger partial charge < -0.3 is 9.47 Å². The van der Waals surface area contributed by atoms with Crippen molar-refractivity contribution in [3.63, 3.8) is 0 Å². The summed E-state index contributed by atoms with van der Waals surface area (Å²) in [5.41, 5.74) is 0.947. The Hall–Kier alpha value is -1.91. The van der Waals surface area contributed by atoms with Gasteiger partial charge in [-0.25, -0.2) is 4.39 Å². The maximum atomic E-state index is 12.3. The second-order valence-corrected chi connectivity index (χ2v) is 4.27. The van der Waals surface area contributed by atoms with Crippen LogP contribution in [0.4, 0.5) is 4.39 Å². The lowest BCUT2D eigenvalue weighted by Gasteiger charge is -2.07. The van der Waals surface area contributed by atoms with Crippen molar-refractivity contribution in [1.29, 1.82) is 0 Å². The molecular formula is C14H16FNO3. The number of nitrogens with zero attached hydrogens (tertiary/aromatic N) is 1. The zero-order chi connectivity index (χ0) is 13.5. The Morgan fingerprint density at radius 2 is 2.21 bits per heavy atom. The van der Waals surface area contributed by atoms with E-state index in [1.807, 2.05) is 30.3 Å². The van der Waals surface area contributed by atoms with Crippen molar-refractivity contribution in [3.05, 3.63) is 35.9 Å². The van der Waals surface area contributed by atoms with Gasteiger partial charge in [0.05, 0.1) is 13.0 Å². The summed E-state index contributed by atoms with van der Waals surface area (Å²) in [6.07, 6.45) is 0.0877. The largest absolute Gasteiger partial charge is 0.473 e. The summed E-state index contributed by atoms with van der Waals surface area (Å²) in [5, 5.41) is 0. The summed E-state index contributed by atoms with van der Waals surface area (Å²) in [6, 6.07) is 9.47.